The molecule has 0 fully saturated rings. The molecule has 1 atom stereocenters. The van der Waals surface area contributed by atoms with Crippen LogP contribution in [0.15, 0.2) is 48.5 Å². The maximum atomic E-state index is 13.0. The average Bonchev–Trinajstić information content (AvgIpc) is 2.82. The zero-order valence-corrected chi connectivity index (χ0v) is 15.7. The van der Waals surface area contributed by atoms with Crippen LogP contribution in [0.5, 0.6) is 0 Å². The summed E-state index contributed by atoms with van der Waals surface area (Å²) in [5, 5.41) is 12.5. The maximum Gasteiger partial charge on any atom is 0.282 e. The van der Waals surface area contributed by atoms with Gasteiger partial charge in [-0.3, -0.25) is 0 Å². The average molecular weight is 370 g/mol. The summed E-state index contributed by atoms with van der Waals surface area (Å²) in [6.45, 7) is 0.733. The van der Waals surface area contributed by atoms with E-state index in [0.717, 1.165) is 16.8 Å². The van der Waals surface area contributed by atoms with Gasteiger partial charge in [-0.05, 0) is 35.7 Å². The van der Waals surface area contributed by atoms with E-state index in [4.69, 9.17) is 5.26 Å². The zero-order valence-electron chi connectivity index (χ0n) is 14.9. The van der Waals surface area contributed by atoms with E-state index >= 15 is 0 Å². The minimum absolute atomic E-state index is 0.232. The summed E-state index contributed by atoms with van der Waals surface area (Å²) in [7, 11) is -0.528. The molecule has 1 unspecified atom stereocenters. The Morgan fingerprint density at radius 1 is 1.23 bits per heavy atom. The van der Waals surface area contributed by atoms with Crippen molar-refractivity contribution >= 4 is 15.9 Å². The quantitative estimate of drug-likeness (QED) is 0.895. The highest BCUT2D eigenvalue weighted by Crippen LogP contribution is 2.27. The Balaban J connectivity index is 2.00. The molecular weight excluding hydrogens is 348 g/mol. The zero-order chi connectivity index (χ0) is 18.7. The summed E-state index contributed by atoms with van der Waals surface area (Å²) in [4.78, 5) is 0. The van der Waals surface area contributed by atoms with Crippen LogP contribution in [0.2, 0.25) is 0 Å². The van der Waals surface area contributed by atoms with Gasteiger partial charge in [-0.1, -0.05) is 30.3 Å². The second kappa shape index (κ2) is 7.46. The van der Waals surface area contributed by atoms with Crippen LogP contribution in [0.3, 0.4) is 0 Å². The summed E-state index contributed by atoms with van der Waals surface area (Å²) in [5.74, 6) is 0. The van der Waals surface area contributed by atoms with Crippen LogP contribution in [-0.2, 0) is 23.2 Å². The van der Waals surface area contributed by atoms with E-state index in [2.05, 4.69) is 11.4 Å². The van der Waals surface area contributed by atoms with Crippen LogP contribution in [-0.4, -0.2) is 43.7 Å². The van der Waals surface area contributed by atoms with Crippen molar-refractivity contribution in [1.82, 2.24) is 8.61 Å². The third-order valence-electron chi connectivity index (χ3n) is 4.57. The molecule has 6 nitrogen and oxygen atoms in total. The molecule has 7 heteroatoms. The van der Waals surface area contributed by atoms with Gasteiger partial charge in [0.05, 0.1) is 11.6 Å². The van der Waals surface area contributed by atoms with E-state index in [-0.39, 0.29) is 12.6 Å². The molecule has 26 heavy (non-hydrogen) atoms. The number of fused-ring (bicyclic) bond motifs is 1. The lowest BCUT2D eigenvalue weighted by molar-refractivity contribution is 0.304. The summed E-state index contributed by atoms with van der Waals surface area (Å²) in [6.07, 6.45) is 0.611. The van der Waals surface area contributed by atoms with Gasteiger partial charge in [-0.2, -0.15) is 22.3 Å². The molecule has 1 aliphatic heterocycles. The van der Waals surface area contributed by atoms with Crippen molar-refractivity contribution in [3.8, 4) is 6.07 Å². The second-order valence-corrected chi connectivity index (χ2v) is 8.64. The van der Waals surface area contributed by atoms with Crippen molar-refractivity contribution < 1.29 is 8.42 Å². The molecule has 0 saturated heterocycles. The highest BCUT2D eigenvalue weighted by atomic mass is 32.2. The number of nitriles is 1. The van der Waals surface area contributed by atoms with Gasteiger partial charge in [-0.25, -0.2) is 0 Å². The van der Waals surface area contributed by atoms with Crippen LogP contribution >= 0.6 is 0 Å². The molecule has 1 heterocycles. The first-order valence-corrected chi connectivity index (χ1v) is 9.81. The van der Waals surface area contributed by atoms with Crippen molar-refractivity contribution in [1.29, 1.82) is 5.26 Å². The van der Waals surface area contributed by atoms with Crippen LogP contribution in [0.4, 0.5) is 5.69 Å². The first kappa shape index (κ1) is 18.4. The fourth-order valence-corrected chi connectivity index (χ4v) is 4.38. The Labute approximate surface area is 154 Å². The normalized spacial score (nSPS) is 17.8. The van der Waals surface area contributed by atoms with E-state index in [1.54, 1.807) is 26.2 Å². The van der Waals surface area contributed by atoms with Gasteiger partial charge < -0.3 is 5.32 Å². The molecule has 2 aromatic carbocycles. The number of benzene rings is 2. The van der Waals surface area contributed by atoms with Gasteiger partial charge >= 0.3 is 0 Å². The minimum atomic E-state index is -3.61. The Hall–Kier alpha value is -2.40. The van der Waals surface area contributed by atoms with E-state index < -0.39 is 10.2 Å². The van der Waals surface area contributed by atoms with Crippen molar-refractivity contribution in [2.24, 2.45) is 0 Å². The molecule has 0 aromatic heterocycles. The molecule has 1 aliphatic rings. The standard InChI is InChI=1S/C19H22N4O2S/c1-22(2)26(24,25)23-14-17-10-16(12-20)8-9-19(17)21-13-18(23)11-15-6-4-3-5-7-15/h3-10,18,21H,11,13-14H2,1-2H3. The smallest absolute Gasteiger partial charge is 0.282 e. The number of anilines is 1. The van der Waals surface area contributed by atoms with E-state index in [1.165, 1.54) is 8.61 Å². The third kappa shape index (κ3) is 3.73. The lowest BCUT2D eigenvalue weighted by Crippen LogP contribution is -2.48. The minimum Gasteiger partial charge on any atom is -0.383 e. The fourth-order valence-electron chi connectivity index (χ4n) is 3.13. The van der Waals surface area contributed by atoms with Crippen LogP contribution in [0.25, 0.3) is 0 Å². The van der Waals surface area contributed by atoms with E-state index in [1.807, 2.05) is 36.4 Å². The molecule has 3 rings (SSSR count). The number of hydrogen-bond donors (Lipinski definition) is 1. The van der Waals surface area contributed by atoms with E-state index in [0.29, 0.717) is 18.5 Å². The SMILES string of the molecule is CN(C)S(=O)(=O)N1Cc2cc(C#N)ccc2NCC1Cc1ccccc1. The maximum absolute atomic E-state index is 13.0. The first-order valence-electron chi connectivity index (χ1n) is 8.42. The van der Waals surface area contributed by atoms with Crippen molar-refractivity contribution in [2.45, 2.75) is 19.0 Å². The van der Waals surface area contributed by atoms with Crippen LogP contribution in [0.1, 0.15) is 16.7 Å². The van der Waals surface area contributed by atoms with Crippen molar-refractivity contribution in [3.63, 3.8) is 0 Å². The van der Waals surface area contributed by atoms with Crippen molar-refractivity contribution in [3.05, 3.63) is 65.2 Å². The third-order valence-corrected chi connectivity index (χ3v) is 6.51. The van der Waals surface area contributed by atoms with Gasteiger partial charge in [0.2, 0.25) is 0 Å². The predicted molar refractivity (Wildman–Crippen MR) is 102 cm³/mol. The number of nitrogens with one attached hydrogen (secondary N) is 1. The van der Waals surface area contributed by atoms with Crippen LogP contribution in [0, 0.1) is 11.3 Å². The Morgan fingerprint density at radius 2 is 1.96 bits per heavy atom. The van der Waals surface area contributed by atoms with Crippen molar-refractivity contribution in [2.75, 3.05) is 26.0 Å². The molecular formula is C19H22N4O2S. The largest absolute Gasteiger partial charge is 0.383 e. The molecule has 0 radical (unpaired) electrons. The number of hydrogen-bond acceptors (Lipinski definition) is 4. The van der Waals surface area contributed by atoms with Gasteiger partial charge in [0.15, 0.2) is 0 Å². The highest BCUT2D eigenvalue weighted by Gasteiger charge is 2.34. The summed E-state index contributed by atoms with van der Waals surface area (Å²) >= 11 is 0. The molecule has 2 aromatic rings. The number of rotatable bonds is 4. The predicted octanol–water partition coefficient (Wildman–Crippen LogP) is 2.20. The first-order chi connectivity index (χ1) is 12.4. The molecule has 1 N–H and O–H groups in total. The molecule has 0 saturated carbocycles. The number of nitrogens with zero attached hydrogens (tertiary/aromatic N) is 3. The fraction of sp³-hybridized carbons (Fsp3) is 0.316. The molecule has 0 amide bonds. The van der Waals surface area contributed by atoms with Gasteiger partial charge in [-0.15, -0.1) is 0 Å². The summed E-state index contributed by atoms with van der Waals surface area (Å²) in [5.41, 5.74) is 3.29. The monoisotopic (exact) mass is 370 g/mol. The lowest BCUT2D eigenvalue weighted by atomic mass is 10.1. The summed E-state index contributed by atoms with van der Waals surface area (Å²) < 4.78 is 28.7. The Morgan fingerprint density at radius 3 is 2.62 bits per heavy atom. The van der Waals surface area contributed by atoms with Gasteiger partial charge in [0.25, 0.3) is 10.2 Å². The lowest BCUT2D eigenvalue weighted by Gasteiger charge is -2.31. The Bertz CT molecular complexity index is 920. The molecule has 0 spiro atoms. The molecule has 136 valence electrons. The highest BCUT2D eigenvalue weighted by molar-refractivity contribution is 7.86. The Kier molecular flexibility index (Phi) is 5.28. The second-order valence-electron chi connectivity index (χ2n) is 6.54. The van der Waals surface area contributed by atoms with Gasteiger partial charge in [0, 0.05) is 38.9 Å². The molecule has 0 aliphatic carbocycles. The van der Waals surface area contributed by atoms with Crippen LogP contribution < -0.4 is 5.32 Å². The van der Waals surface area contributed by atoms with E-state index in [9.17, 15) is 8.42 Å². The van der Waals surface area contributed by atoms with Gasteiger partial charge in [0.1, 0.15) is 0 Å². The summed E-state index contributed by atoms with van der Waals surface area (Å²) in [6, 6.07) is 17.1. The molecule has 0 bridgehead atoms. The topological polar surface area (TPSA) is 76.4 Å².